The van der Waals surface area contributed by atoms with Gasteiger partial charge in [-0.1, -0.05) is 6.58 Å². The molecule has 0 saturated carbocycles. The SMILES string of the molecule is C=C(CC(=O)Nc1cc(F)ccc1F)C(=O)O. The summed E-state index contributed by atoms with van der Waals surface area (Å²) in [5.74, 6) is -3.61. The Hall–Kier alpha value is -2.24. The summed E-state index contributed by atoms with van der Waals surface area (Å²) in [4.78, 5) is 21.7. The van der Waals surface area contributed by atoms with Crippen LogP contribution in [0.5, 0.6) is 0 Å². The Morgan fingerprint density at radius 3 is 2.59 bits per heavy atom. The third-order valence-electron chi connectivity index (χ3n) is 1.88. The van der Waals surface area contributed by atoms with E-state index in [0.29, 0.717) is 0 Å². The smallest absolute Gasteiger partial charge is 0.331 e. The summed E-state index contributed by atoms with van der Waals surface area (Å²) in [7, 11) is 0. The number of hydrogen-bond acceptors (Lipinski definition) is 2. The highest BCUT2D eigenvalue weighted by atomic mass is 19.1. The predicted molar refractivity (Wildman–Crippen MR) is 56.4 cm³/mol. The quantitative estimate of drug-likeness (QED) is 0.791. The lowest BCUT2D eigenvalue weighted by molar-refractivity contribution is -0.133. The van der Waals surface area contributed by atoms with Crippen LogP contribution in [0.4, 0.5) is 14.5 Å². The third kappa shape index (κ3) is 3.67. The number of amides is 1. The molecular weight excluding hydrogens is 232 g/mol. The summed E-state index contributed by atoms with van der Waals surface area (Å²) in [5, 5.41) is 10.5. The van der Waals surface area contributed by atoms with Gasteiger partial charge in [0.2, 0.25) is 5.91 Å². The number of carbonyl (C=O) groups excluding carboxylic acids is 1. The van der Waals surface area contributed by atoms with Crippen LogP contribution in [0, 0.1) is 11.6 Å². The van der Waals surface area contributed by atoms with Gasteiger partial charge in [0.05, 0.1) is 12.1 Å². The monoisotopic (exact) mass is 241 g/mol. The van der Waals surface area contributed by atoms with Crippen LogP contribution in [0.3, 0.4) is 0 Å². The van der Waals surface area contributed by atoms with Crippen LogP contribution in [0.1, 0.15) is 6.42 Å². The summed E-state index contributed by atoms with van der Waals surface area (Å²) in [6.45, 7) is 3.15. The van der Waals surface area contributed by atoms with Crippen LogP contribution in [-0.4, -0.2) is 17.0 Å². The number of carboxylic acids is 1. The first kappa shape index (κ1) is 12.8. The molecule has 4 nitrogen and oxygen atoms in total. The highest BCUT2D eigenvalue weighted by Crippen LogP contribution is 2.15. The standard InChI is InChI=1S/C11H9F2NO3/c1-6(11(16)17)4-10(15)14-9-5-7(12)2-3-8(9)13/h2-3,5H,1,4H2,(H,14,15)(H,16,17). The number of carbonyl (C=O) groups is 2. The number of hydrogen-bond donors (Lipinski definition) is 2. The van der Waals surface area contributed by atoms with Crippen molar-refractivity contribution < 1.29 is 23.5 Å². The van der Waals surface area contributed by atoms with Crippen molar-refractivity contribution in [2.24, 2.45) is 0 Å². The minimum absolute atomic E-state index is 0.334. The molecule has 0 fully saturated rings. The number of carboxylic acid groups (broad SMARTS) is 1. The van der Waals surface area contributed by atoms with Crippen LogP contribution in [-0.2, 0) is 9.59 Å². The zero-order chi connectivity index (χ0) is 13.0. The molecule has 0 aliphatic rings. The number of aliphatic carboxylic acids is 1. The summed E-state index contributed by atoms with van der Waals surface area (Å²) >= 11 is 0. The van der Waals surface area contributed by atoms with Crippen molar-refractivity contribution in [3.63, 3.8) is 0 Å². The maximum absolute atomic E-state index is 13.1. The Labute approximate surface area is 95.6 Å². The number of halogens is 2. The second-order valence-corrected chi connectivity index (χ2v) is 3.26. The molecule has 0 radical (unpaired) electrons. The van der Waals surface area contributed by atoms with Crippen LogP contribution in [0.15, 0.2) is 30.4 Å². The van der Waals surface area contributed by atoms with E-state index < -0.39 is 29.9 Å². The van der Waals surface area contributed by atoms with Gasteiger partial charge in [-0.2, -0.15) is 0 Å². The van der Waals surface area contributed by atoms with Gasteiger partial charge in [-0.05, 0) is 12.1 Å². The van der Waals surface area contributed by atoms with Gasteiger partial charge >= 0.3 is 5.97 Å². The van der Waals surface area contributed by atoms with E-state index in [1.807, 2.05) is 0 Å². The lowest BCUT2D eigenvalue weighted by Gasteiger charge is -2.06. The summed E-state index contributed by atoms with van der Waals surface area (Å²) < 4.78 is 25.9. The second kappa shape index (κ2) is 5.20. The average Bonchev–Trinajstić information content (AvgIpc) is 2.23. The molecule has 2 N–H and O–H groups in total. The van der Waals surface area contributed by atoms with E-state index >= 15 is 0 Å². The largest absolute Gasteiger partial charge is 0.478 e. The molecule has 0 aliphatic carbocycles. The Bertz CT molecular complexity index is 486. The molecule has 0 saturated heterocycles. The van der Waals surface area contributed by atoms with Crippen molar-refractivity contribution in [2.75, 3.05) is 5.32 Å². The van der Waals surface area contributed by atoms with Gasteiger partial charge in [0.25, 0.3) is 0 Å². The van der Waals surface area contributed by atoms with Crippen molar-refractivity contribution in [3.05, 3.63) is 42.0 Å². The minimum atomic E-state index is -1.32. The van der Waals surface area contributed by atoms with Crippen LogP contribution >= 0.6 is 0 Å². The van der Waals surface area contributed by atoms with Gasteiger partial charge in [0.15, 0.2) is 0 Å². The van der Waals surface area contributed by atoms with Crippen LogP contribution < -0.4 is 5.32 Å². The van der Waals surface area contributed by atoms with Gasteiger partial charge < -0.3 is 10.4 Å². The molecule has 90 valence electrons. The maximum Gasteiger partial charge on any atom is 0.331 e. The van der Waals surface area contributed by atoms with E-state index in [0.717, 1.165) is 18.2 Å². The highest BCUT2D eigenvalue weighted by Gasteiger charge is 2.12. The lowest BCUT2D eigenvalue weighted by atomic mass is 10.2. The molecule has 0 aliphatic heterocycles. The van der Waals surface area contributed by atoms with E-state index in [1.165, 1.54) is 0 Å². The Morgan fingerprint density at radius 2 is 2.00 bits per heavy atom. The second-order valence-electron chi connectivity index (χ2n) is 3.26. The Morgan fingerprint density at radius 1 is 1.35 bits per heavy atom. The number of anilines is 1. The van der Waals surface area contributed by atoms with Crippen molar-refractivity contribution in [1.29, 1.82) is 0 Å². The van der Waals surface area contributed by atoms with Gasteiger partial charge in [0, 0.05) is 11.6 Å². The molecule has 0 spiro atoms. The van der Waals surface area contributed by atoms with Crippen molar-refractivity contribution in [2.45, 2.75) is 6.42 Å². The summed E-state index contributed by atoms with van der Waals surface area (Å²) in [5.41, 5.74) is -0.674. The number of rotatable bonds is 4. The molecule has 0 unspecified atom stereocenters. The molecule has 1 aromatic carbocycles. The van der Waals surface area contributed by atoms with Gasteiger partial charge in [-0.3, -0.25) is 4.79 Å². The molecule has 6 heteroatoms. The number of nitrogens with one attached hydrogen (secondary N) is 1. The van der Waals surface area contributed by atoms with Gasteiger partial charge in [0.1, 0.15) is 11.6 Å². The first-order valence-corrected chi connectivity index (χ1v) is 4.56. The first-order valence-electron chi connectivity index (χ1n) is 4.56. The van der Waals surface area contributed by atoms with E-state index in [1.54, 1.807) is 0 Å². The molecule has 17 heavy (non-hydrogen) atoms. The molecular formula is C11H9F2NO3. The van der Waals surface area contributed by atoms with Crippen molar-refractivity contribution in [1.82, 2.24) is 0 Å². The van der Waals surface area contributed by atoms with Crippen LogP contribution in [0.2, 0.25) is 0 Å². The first-order chi connectivity index (χ1) is 7.90. The Balaban J connectivity index is 2.71. The molecule has 0 heterocycles. The fourth-order valence-corrected chi connectivity index (χ4v) is 1.06. The molecule has 0 bridgehead atoms. The predicted octanol–water partition coefficient (Wildman–Crippen LogP) is 1.93. The summed E-state index contributed by atoms with van der Waals surface area (Å²) in [6.07, 6.45) is -0.495. The fraction of sp³-hybridized carbons (Fsp3) is 0.0909. The molecule has 0 atom stereocenters. The lowest BCUT2D eigenvalue weighted by Crippen LogP contribution is -2.15. The Kier molecular flexibility index (Phi) is 3.92. The summed E-state index contributed by atoms with van der Waals surface area (Å²) in [6, 6.07) is 2.56. The van der Waals surface area contributed by atoms with Crippen molar-refractivity contribution >= 4 is 17.6 Å². The molecule has 1 aromatic rings. The fourth-order valence-electron chi connectivity index (χ4n) is 1.06. The van der Waals surface area contributed by atoms with E-state index in [9.17, 15) is 18.4 Å². The van der Waals surface area contributed by atoms with Gasteiger partial charge in [-0.15, -0.1) is 0 Å². The number of benzene rings is 1. The topological polar surface area (TPSA) is 66.4 Å². The molecule has 0 aromatic heterocycles. The van der Waals surface area contributed by atoms with E-state index in [-0.39, 0.29) is 11.3 Å². The van der Waals surface area contributed by atoms with Crippen molar-refractivity contribution in [3.8, 4) is 0 Å². The zero-order valence-electron chi connectivity index (χ0n) is 8.67. The minimum Gasteiger partial charge on any atom is -0.478 e. The van der Waals surface area contributed by atoms with Gasteiger partial charge in [-0.25, -0.2) is 13.6 Å². The highest BCUT2D eigenvalue weighted by molar-refractivity contribution is 5.99. The van der Waals surface area contributed by atoms with E-state index in [2.05, 4.69) is 11.9 Å². The van der Waals surface area contributed by atoms with E-state index in [4.69, 9.17) is 5.11 Å². The molecule has 1 amide bonds. The zero-order valence-corrected chi connectivity index (χ0v) is 8.67. The molecule has 1 rings (SSSR count). The average molecular weight is 241 g/mol. The van der Waals surface area contributed by atoms with Crippen LogP contribution in [0.25, 0.3) is 0 Å². The normalized spacial score (nSPS) is 9.76. The third-order valence-corrected chi connectivity index (χ3v) is 1.88. The maximum atomic E-state index is 13.1.